The highest BCUT2D eigenvalue weighted by Crippen LogP contribution is 2.39. The zero-order valence-corrected chi connectivity index (χ0v) is 9.86. The molecule has 1 aromatic carbocycles. The van der Waals surface area contributed by atoms with E-state index in [1.54, 1.807) is 0 Å². The van der Waals surface area contributed by atoms with Crippen molar-refractivity contribution < 1.29 is 26.3 Å². The van der Waals surface area contributed by atoms with E-state index in [0.717, 1.165) is 12.1 Å². The Labute approximate surface area is 105 Å². The van der Waals surface area contributed by atoms with Gasteiger partial charge in [-0.3, -0.25) is 0 Å². The number of alkyl halides is 6. The Morgan fingerprint density at radius 3 is 1.84 bits per heavy atom. The van der Waals surface area contributed by atoms with Crippen molar-refractivity contribution in [2.75, 3.05) is 13.6 Å². The Balaban J connectivity index is 3.41. The van der Waals surface area contributed by atoms with Crippen LogP contribution in [0.1, 0.15) is 16.7 Å². The molecule has 0 atom stereocenters. The summed E-state index contributed by atoms with van der Waals surface area (Å²) in [6.45, 7) is 0.170. The number of benzene rings is 1. The smallest absolute Gasteiger partial charge is 0.316 e. The summed E-state index contributed by atoms with van der Waals surface area (Å²) in [6.07, 6.45) is -7.62. The first-order valence-corrected chi connectivity index (χ1v) is 5.26. The highest BCUT2D eigenvalue weighted by molar-refractivity contribution is 5.60. The lowest BCUT2D eigenvalue weighted by Gasteiger charge is -2.16. The minimum Gasteiger partial charge on any atom is -0.316 e. The van der Waals surface area contributed by atoms with Gasteiger partial charge in [-0.05, 0) is 24.7 Å². The van der Waals surface area contributed by atoms with Gasteiger partial charge in [-0.15, -0.1) is 0 Å². The van der Waals surface area contributed by atoms with Gasteiger partial charge in [0.2, 0.25) is 0 Å². The van der Waals surface area contributed by atoms with Crippen LogP contribution in [0.15, 0.2) is 24.3 Å². The number of nitrogens with one attached hydrogen (secondary N) is 1. The van der Waals surface area contributed by atoms with E-state index in [9.17, 15) is 26.3 Å². The van der Waals surface area contributed by atoms with Crippen molar-refractivity contribution >= 4 is 6.08 Å². The summed E-state index contributed by atoms with van der Waals surface area (Å²) in [4.78, 5) is 0. The lowest BCUT2D eigenvalue weighted by atomic mass is 9.99. The van der Waals surface area contributed by atoms with E-state index in [2.05, 4.69) is 5.32 Å². The molecule has 0 aromatic heterocycles. The summed E-state index contributed by atoms with van der Waals surface area (Å²) in [6, 6.07) is 2.02. The quantitative estimate of drug-likeness (QED) is 0.828. The monoisotopic (exact) mass is 283 g/mol. The predicted molar refractivity (Wildman–Crippen MR) is 59.4 cm³/mol. The number of rotatable bonds is 3. The second-order valence-corrected chi connectivity index (χ2v) is 3.72. The second-order valence-electron chi connectivity index (χ2n) is 3.72. The van der Waals surface area contributed by atoms with Gasteiger partial charge in [-0.2, -0.15) is 26.3 Å². The van der Waals surface area contributed by atoms with Gasteiger partial charge in [0.15, 0.2) is 0 Å². The van der Waals surface area contributed by atoms with Crippen molar-refractivity contribution in [3.63, 3.8) is 0 Å². The Morgan fingerprint density at radius 1 is 1.00 bits per heavy atom. The predicted octanol–water partition coefficient (Wildman–Crippen LogP) is 3.96. The molecule has 7 heteroatoms. The molecule has 0 heterocycles. The van der Waals surface area contributed by atoms with Gasteiger partial charge in [0.1, 0.15) is 0 Å². The van der Waals surface area contributed by atoms with Crippen LogP contribution >= 0.6 is 0 Å². The van der Waals surface area contributed by atoms with Crippen LogP contribution in [0, 0.1) is 0 Å². The summed E-state index contributed by atoms with van der Waals surface area (Å²) in [5.41, 5.74) is -3.46. The Kier molecular flexibility index (Phi) is 4.62. The van der Waals surface area contributed by atoms with Crippen LogP contribution in [-0.4, -0.2) is 13.6 Å². The summed E-state index contributed by atoms with van der Waals surface area (Å²) < 4.78 is 76.3. The van der Waals surface area contributed by atoms with E-state index in [1.807, 2.05) is 0 Å². The average Bonchev–Trinajstić information content (AvgIpc) is 2.26. The molecule has 0 unspecified atom stereocenters. The molecule has 0 bridgehead atoms. The van der Waals surface area contributed by atoms with E-state index in [-0.39, 0.29) is 6.54 Å². The lowest BCUT2D eigenvalue weighted by molar-refractivity contribution is -0.143. The minimum atomic E-state index is -4.83. The molecule has 1 rings (SSSR count). The largest absolute Gasteiger partial charge is 0.417 e. The fourth-order valence-corrected chi connectivity index (χ4v) is 1.53. The fourth-order valence-electron chi connectivity index (χ4n) is 1.53. The van der Waals surface area contributed by atoms with Crippen molar-refractivity contribution in [2.24, 2.45) is 0 Å². The molecule has 0 saturated heterocycles. The van der Waals surface area contributed by atoms with Gasteiger partial charge in [0, 0.05) is 6.54 Å². The third kappa shape index (κ3) is 3.99. The first-order valence-electron chi connectivity index (χ1n) is 5.26. The van der Waals surface area contributed by atoms with Crippen LogP contribution in [0.3, 0.4) is 0 Å². The lowest BCUT2D eigenvalue weighted by Crippen LogP contribution is -2.14. The molecule has 1 aromatic rings. The van der Waals surface area contributed by atoms with Crippen molar-refractivity contribution in [3.05, 3.63) is 41.0 Å². The maximum atomic E-state index is 12.7. The molecule has 1 N–H and O–H groups in total. The van der Waals surface area contributed by atoms with Gasteiger partial charge in [0.05, 0.1) is 11.1 Å². The summed E-state index contributed by atoms with van der Waals surface area (Å²) in [5.74, 6) is 0. The SMILES string of the molecule is CNCC=Cc1c(C(F)(F)F)cccc1C(F)(F)F. The molecule has 0 amide bonds. The molecule has 0 radical (unpaired) electrons. The van der Waals surface area contributed by atoms with Crippen LogP contribution in [0.5, 0.6) is 0 Å². The maximum absolute atomic E-state index is 12.7. The minimum absolute atomic E-state index is 0.170. The van der Waals surface area contributed by atoms with Gasteiger partial charge < -0.3 is 5.32 Å². The number of halogens is 6. The van der Waals surface area contributed by atoms with Crippen LogP contribution in [0.25, 0.3) is 6.08 Å². The molecule has 1 nitrogen and oxygen atoms in total. The fraction of sp³-hybridized carbons (Fsp3) is 0.333. The molecular weight excluding hydrogens is 272 g/mol. The number of hydrogen-bond donors (Lipinski definition) is 1. The van der Waals surface area contributed by atoms with E-state index in [1.165, 1.54) is 13.1 Å². The van der Waals surface area contributed by atoms with Crippen LogP contribution in [0.4, 0.5) is 26.3 Å². The molecule has 19 heavy (non-hydrogen) atoms. The summed E-state index contributed by atoms with van der Waals surface area (Å²) in [5, 5.41) is 2.61. The molecule has 0 saturated carbocycles. The van der Waals surface area contributed by atoms with E-state index >= 15 is 0 Å². The standard InChI is InChI=1S/C12H11F6N/c1-19-7-3-4-8-9(11(13,14)15)5-2-6-10(8)12(16,17)18/h2-6,19H,7H2,1H3. The van der Waals surface area contributed by atoms with Gasteiger partial charge in [-0.1, -0.05) is 18.2 Å². The average molecular weight is 283 g/mol. The van der Waals surface area contributed by atoms with E-state index in [4.69, 9.17) is 0 Å². The first-order chi connectivity index (χ1) is 8.68. The topological polar surface area (TPSA) is 12.0 Å². The number of hydrogen-bond acceptors (Lipinski definition) is 1. The molecular formula is C12H11F6N. The molecule has 0 aliphatic rings. The molecule has 106 valence electrons. The van der Waals surface area contributed by atoms with Gasteiger partial charge in [-0.25, -0.2) is 0 Å². The molecule has 0 aliphatic heterocycles. The van der Waals surface area contributed by atoms with Gasteiger partial charge >= 0.3 is 12.4 Å². The molecule has 0 fully saturated rings. The molecule has 0 spiro atoms. The molecule has 0 aliphatic carbocycles. The Hall–Kier alpha value is -1.50. The Morgan fingerprint density at radius 2 is 1.47 bits per heavy atom. The summed E-state index contributed by atoms with van der Waals surface area (Å²) in [7, 11) is 1.53. The third-order valence-corrected chi connectivity index (χ3v) is 2.32. The zero-order valence-electron chi connectivity index (χ0n) is 9.86. The van der Waals surface area contributed by atoms with Crippen molar-refractivity contribution in [3.8, 4) is 0 Å². The van der Waals surface area contributed by atoms with Crippen LogP contribution < -0.4 is 5.32 Å². The third-order valence-electron chi connectivity index (χ3n) is 2.32. The Bertz CT molecular complexity index is 426. The van der Waals surface area contributed by atoms with Crippen molar-refractivity contribution in [1.29, 1.82) is 0 Å². The van der Waals surface area contributed by atoms with E-state index < -0.39 is 29.0 Å². The summed E-state index contributed by atoms with van der Waals surface area (Å²) >= 11 is 0. The highest BCUT2D eigenvalue weighted by Gasteiger charge is 2.39. The second kappa shape index (κ2) is 5.64. The van der Waals surface area contributed by atoms with Crippen LogP contribution in [0.2, 0.25) is 0 Å². The van der Waals surface area contributed by atoms with Crippen molar-refractivity contribution in [1.82, 2.24) is 5.32 Å². The van der Waals surface area contributed by atoms with Crippen LogP contribution in [-0.2, 0) is 12.4 Å². The van der Waals surface area contributed by atoms with Crippen molar-refractivity contribution in [2.45, 2.75) is 12.4 Å². The highest BCUT2D eigenvalue weighted by atomic mass is 19.4. The number of likely N-dealkylation sites (N-methyl/N-ethyl adjacent to an activating group) is 1. The van der Waals surface area contributed by atoms with E-state index in [0.29, 0.717) is 12.1 Å². The first kappa shape index (κ1) is 15.6. The maximum Gasteiger partial charge on any atom is 0.417 e. The zero-order chi connectivity index (χ0) is 14.7. The van der Waals surface area contributed by atoms with Gasteiger partial charge in [0.25, 0.3) is 0 Å². The normalized spacial score (nSPS) is 13.2.